The van der Waals surface area contributed by atoms with Crippen molar-refractivity contribution in [3.05, 3.63) is 77.2 Å². The maximum Gasteiger partial charge on any atom is 0.332 e. The third kappa shape index (κ3) is 4.13. The Labute approximate surface area is 192 Å². The zero-order chi connectivity index (χ0) is 22.8. The van der Waals surface area contributed by atoms with E-state index >= 15 is 0 Å². The van der Waals surface area contributed by atoms with Gasteiger partial charge in [-0.25, -0.2) is 14.8 Å². The van der Waals surface area contributed by atoms with Gasteiger partial charge < -0.3 is 5.32 Å². The third-order valence-electron chi connectivity index (χ3n) is 6.35. The van der Waals surface area contributed by atoms with Crippen LogP contribution in [0.5, 0.6) is 0 Å². The topological polar surface area (TPSA) is 68.0 Å². The summed E-state index contributed by atoms with van der Waals surface area (Å²) in [4.78, 5) is 24.4. The van der Waals surface area contributed by atoms with Crippen LogP contribution in [0.25, 0.3) is 16.6 Å². The number of rotatable bonds is 6. The van der Waals surface area contributed by atoms with Crippen LogP contribution in [0.2, 0.25) is 0 Å². The number of anilines is 2. The summed E-state index contributed by atoms with van der Waals surface area (Å²) in [6.45, 7) is 5.03. The van der Waals surface area contributed by atoms with Crippen LogP contribution < -0.4 is 11.0 Å². The van der Waals surface area contributed by atoms with Crippen molar-refractivity contribution in [3.8, 4) is 18.0 Å². The van der Waals surface area contributed by atoms with Crippen LogP contribution in [0.1, 0.15) is 25.3 Å². The minimum absolute atomic E-state index is 0.0367. The minimum atomic E-state index is -0.0367. The summed E-state index contributed by atoms with van der Waals surface area (Å²) in [6.07, 6.45) is 13.1. The first-order chi connectivity index (χ1) is 16.2. The fraction of sp³-hybridized carbons (Fsp3) is 0.269. The largest absolute Gasteiger partial charge is 0.340 e. The molecule has 5 rings (SSSR count). The number of hydrogen-bond donors (Lipinski definition) is 1. The summed E-state index contributed by atoms with van der Waals surface area (Å²) in [5.41, 5.74) is 3.17. The smallest absolute Gasteiger partial charge is 0.332 e. The van der Waals surface area contributed by atoms with Crippen molar-refractivity contribution in [1.29, 1.82) is 0 Å². The summed E-state index contributed by atoms with van der Waals surface area (Å²) >= 11 is 0. The lowest BCUT2D eigenvalue weighted by Crippen LogP contribution is -2.36. The van der Waals surface area contributed by atoms with E-state index in [1.165, 1.54) is 12.7 Å². The molecule has 2 aromatic heterocycles. The zero-order valence-corrected chi connectivity index (χ0v) is 18.6. The van der Waals surface area contributed by atoms with E-state index < -0.39 is 0 Å². The predicted molar refractivity (Wildman–Crippen MR) is 131 cm³/mol. The lowest BCUT2D eigenvalue weighted by molar-refractivity contribution is 0.242. The molecule has 1 unspecified atom stereocenters. The van der Waals surface area contributed by atoms with Crippen LogP contribution in [0.4, 0.5) is 11.5 Å². The number of benzene rings is 2. The van der Waals surface area contributed by atoms with Gasteiger partial charge in [0.15, 0.2) is 0 Å². The van der Waals surface area contributed by atoms with E-state index in [0.29, 0.717) is 18.4 Å². The third-order valence-corrected chi connectivity index (χ3v) is 6.35. The Morgan fingerprint density at radius 3 is 2.94 bits per heavy atom. The molecule has 1 atom stereocenters. The van der Waals surface area contributed by atoms with E-state index in [1.807, 2.05) is 59.4 Å². The zero-order valence-electron chi connectivity index (χ0n) is 18.6. The highest BCUT2D eigenvalue weighted by molar-refractivity contribution is 5.92. The number of likely N-dealkylation sites (N-methyl/N-ethyl adjacent to an activating group) is 1. The fourth-order valence-electron chi connectivity index (χ4n) is 4.61. The molecule has 2 aromatic carbocycles. The molecule has 3 heterocycles. The van der Waals surface area contributed by atoms with E-state index in [0.717, 1.165) is 47.4 Å². The number of fused-ring (bicyclic) bond motifs is 1. The molecule has 0 radical (unpaired) electrons. The quantitative estimate of drug-likeness (QED) is 0.464. The number of likely N-dealkylation sites (tertiary alicyclic amines) is 1. The molecule has 166 valence electrons. The molecule has 7 heteroatoms. The van der Waals surface area contributed by atoms with E-state index in [-0.39, 0.29) is 5.69 Å². The van der Waals surface area contributed by atoms with Gasteiger partial charge in [0.2, 0.25) is 0 Å². The molecular weight excluding hydrogens is 412 g/mol. The molecular formula is C26H26N6O. The number of nitrogens with one attached hydrogen (secondary N) is 1. The first kappa shape index (κ1) is 21.0. The molecule has 0 aliphatic carbocycles. The SMILES string of the molecule is C#Cc1cccc(Nc2ncnc3ccc(-n4ccn(CC5CCCN5CC)c4=O)cc23)c1. The minimum Gasteiger partial charge on any atom is -0.340 e. The Morgan fingerprint density at radius 2 is 2.09 bits per heavy atom. The van der Waals surface area contributed by atoms with Crippen molar-refractivity contribution in [1.82, 2.24) is 24.0 Å². The van der Waals surface area contributed by atoms with Crippen LogP contribution >= 0.6 is 0 Å². The molecule has 0 bridgehead atoms. The highest BCUT2D eigenvalue weighted by atomic mass is 16.1. The van der Waals surface area contributed by atoms with Gasteiger partial charge in [-0.05, 0) is 62.3 Å². The van der Waals surface area contributed by atoms with E-state index in [9.17, 15) is 4.79 Å². The number of imidazole rings is 1. The normalized spacial score (nSPS) is 16.2. The highest BCUT2D eigenvalue weighted by Crippen LogP contribution is 2.25. The van der Waals surface area contributed by atoms with Crippen LogP contribution in [-0.4, -0.2) is 43.1 Å². The van der Waals surface area contributed by atoms with Crippen LogP contribution in [0, 0.1) is 12.3 Å². The van der Waals surface area contributed by atoms with Gasteiger partial charge >= 0.3 is 5.69 Å². The summed E-state index contributed by atoms with van der Waals surface area (Å²) in [5.74, 6) is 3.31. The number of terminal acetylenes is 1. The van der Waals surface area contributed by atoms with E-state index in [1.54, 1.807) is 4.57 Å². The lowest BCUT2D eigenvalue weighted by atomic mass is 10.2. The fourth-order valence-corrected chi connectivity index (χ4v) is 4.61. The van der Waals surface area contributed by atoms with Crippen LogP contribution in [0.3, 0.4) is 0 Å². The van der Waals surface area contributed by atoms with E-state index in [4.69, 9.17) is 6.42 Å². The Kier molecular flexibility index (Phi) is 5.68. The van der Waals surface area contributed by atoms with Crippen LogP contribution in [-0.2, 0) is 6.54 Å². The molecule has 1 fully saturated rings. The number of hydrogen-bond acceptors (Lipinski definition) is 5. The molecule has 1 aliphatic rings. The summed E-state index contributed by atoms with van der Waals surface area (Å²) in [5, 5.41) is 4.16. The van der Waals surface area contributed by atoms with Gasteiger partial charge in [-0.15, -0.1) is 6.42 Å². The second-order valence-corrected chi connectivity index (χ2v) is 8.30. The van der Waals surface area contributed by atoms with Crippen molar-refractivity contribution in [2.75, 3.05) is 18.4 Å². The monoisotopic (exact) mass is 438 g/mol. The summed E-state index contributed by atoms with van der Waals surface area (Å²) in [7, 11) is 0. The Bertz CT molecular complexity index is 1400. The lowest BCUT2D eigenvalue weighted by Gasteiger charge is -2.22. The first-order valence-corrected chi connectivity index (χ1v) is 11.3. The average molecular weight is 439 g/mol. The molecule has 0 saturated carbocycles. The van der Waals surface area contributed by atoms with Gasteiger partial charge in [-0.2, -0.15) is 0 Å². The average Bonchev–Trinajstić information content (AvgIpc) is 3.45. The number of nitrogens with zero attached hydrogens (tertiary/aromatic N) is 5. The highest BCUT2D eigenvalue weighted by Gasteiger charge is 2.24. The van der Waals surface area contributed by atoms with Gasteiger partial charge in [0, 0.05) is 41.6 Å². The molecule has 0 amide bonds. The molecule has 1 N–H and O–H groups in total. The van der Waals surface area contributed by atoms with Crippen molar-refractivity contribution in [2.24, 2.45) is 0 Å². The molecule has 7 nitrogen and oxygen atoms in total. The second kappa shape index (κ2) is 8.93. The molecule has 4 aromatic rings. The Morgan fingerprint density at radius 1 is 1.18 bits per heavy atom. The summed E-state index contributed by atoms with van der Waals surface area (Å²) in [6, 6.07) is 13.8. The molecule has 33 heavy (non-hydrogen) atoms. The van der Waals surface area contributed by atoms with Crippen LogP contribution in [0.15, 0.2) is 66.0 Å². The van der Waals surface area contributed by atoms with Crippen molar-refractivity contribution < 1.29 is 0 Å². The predicted octanol–water partition coefficient (Wildman–Crippen LogP) is 3.79. The van der Waals surface area contributed by atoms with Gasteiger partial charge in [-0.3, -0.25) is 14.0 Å². The van der Waals surface area contributed by atoms with E-state index in [2.05, 4.69) is 33.0 Å². The van der Waals surface area contributed by atoms with Gasteiger partial charge in [0.05, 0.1) is 11.2 Å². The summed E-state index contributed by atoms with van der Waals surface area (Å²) < 4.78 is 3.50. The second-order valence-electron chi connectivity index (χ2n) is 8.30. The maximum atomic E-state index is 13.2. The molecule has 1 aliphatic heterocycles. The van der Waals surface area contributed by atoms with Gasteiger partial charge in [0.1, 0.15) is 12.1 Å². The standard InChI is InChI=1S/C26H26N6O/c1-3-19-7-5-8-20(15-19)29-25-23-16-21(10-11-24(23)27-18-28-25)32-14-13-31(26(32)33)17-22-9-6-12-30(22)4-2/h1,5,7-8,10-11,13-16,18,22H,4,6,9,12,17H2,2H3,(H,27,28,29). The Balaban J connectivity index is 1.47. The van der Waals surface area contributed by atoms with Crippen molar-refractivity contribution in [2.45, 2.75) is 32.4 Å². The van der Waals surface area contributed by atoms with Crippen molar-refractivity contribution >= 4 is 22.4 Å². The Hall–Kier alpha value is -3.89. The van der Waals surface area contributed by atoms with Gasteiger partial charge in [-0.1, -0.05) is 18.9 Å². The number of aromatic nitrogens is 4. The van der Waals surface area contributed by atoms with Crippen molar-refractivity contribution in [3.63, 3.8) is 0 Å². The first-order valence-electron chi connectivity index (χ1n) is 11.3. The molecule has 1 saturated heterocycles. The maximum absolute atomic E-state index is 13.2. The molecule has 0 spiro atoms. The van der Waals surface area contributed by atoms with Gasteiger partial charge in [0.25, 0.3) is 0 Å².